The Morgan fingerprint density at radius 3 is 2.74 bits per heavy atom. The fraction of sp³-hybridized carbons (Fsp3) is 0.222. The highest BCUT2D eigenvalue weighted by Gasteiger charge is 2.52. The largest absolute Gasteiger partial charge is 0.369 e. The maximum absolute atomic E-state index is 13.8. The molecule has 116 valence electrons. The van der Waals surface area contributed by atoms with E-state index in [0.29, 0.717) is 5.56 Å². The summed E-state index contributed by atoms with van der Waals surface area (Å²) >= 11 is 0. The summed E-state index contributed by atoms with van der Waals surface area (Å²) in [5.41, 5.74) is 8.76. The Kier molecular flexibility index (Phi) is 2.82. The third kappa shape index (κ3) is 2.04. The molecule has 1 amide bonds. The van der Waals surface area contributed by atoms with Gasteiger partial charge in [-0.2, -0.15) is 0 Å². The Bertz CT molecular complexity index is 941. The Morgan fingerprint density at radius 2 is 2.04 bits per heavy atom. The highest BCUT2D eigenvalue weighted by molar-refractivity contribution is 5.89. The van der Waals surface area contributed by atoms with Crippen molar-refractivity contribution in [1.29, 1.82) is 0 Å². The third-order valence-corrected chi connectivity index (χ3v) is 4.74. The molecule has 2 aromatic heterocycles. The van der Waals surface area contributed by atoms with Gasteiger partial charge in [0, 0.05) is 12.4 Å². The fourth-order valence-electron chi connectivity index (χ4n) is 3.06. The molecule has 23 heavy (non-hydrogen) atoms. The number of nitrogens with two attached hydrogens (primary N) is 1. The number of rotatable bonds is 3. The lowest BCUT2D eigenvalue weighted by molar-refractivity contribution is -0.120. The molecule has 0 radical (unpaired) electrons. The van der Waals surface area contributed by atoms with E-state index < -0.39 is 5.41 Å². The number of benzene rings is 1. The van der Waals surface area contributed by atoms with Crippen molar-refractivity contribution in [2.24, 2.45) is 5.73 Å². The minimum Gasteiger partial charge on any atom is -0.369 e. The van der Waals surface area contributed by atoms with Gasteiger partial charge >= 0.3 is 0 Å². The Balaban J connectivity index is 1.83. The lowest BCUT2D eigenvalue weighted by Gasteiger charge is -2.07. The number of fused-ring (bicyclic) bond motifs is 1. The molecule has 4 rings (SSSR count). The molecule has 4 nitrogen and oxygen atoms in total. The lowest BCUT2D eigenvalue weighted by Crippen LogP contribution is -2.28. The van der Waals surface area contributed by atoms with Crippen LogP contribution in [0.5, 0.6) is 0 Å². The smallest absolute Gasteiger partial charge is 0.229 e. The molecule has 5 heteroatoms. The summed E-state index contributed by atoms with van der Waals surface area (Å²) in [5.74, 6) is -0.540. The van der Waals surface area contributed by atoms with Crippen molar-refractivity contribution in [1.82, 2.24) is 9.38 Å². The number of halogens is 1. The van der Waals surface area contributed by atoms with Gasteiger partial charge < -0.3 is 10.1 Å². The van der Waals surface area contributed by atoms with E-state index >= 15 is 0 Å². The van der Waals surface area contributed by atoms with Gasteiger partial charge in [0.1, 0.15) is 11.5 Å². The van der Waals surface area contributed by atoms with Crippen LogP contribution in [0, 0.1) is 12.7 Å². The first kappa shape index (κ1) is 13.9. The molecular weight excluding hydrogens is 293 g/mol. The third-order valence-electron chi connectivity index (χ3n) is 4.74. The quantitative estimate of drug-likeness (QED) is 0.808. The van der Waals surface area contributed by atoms with Gasteiger partial charge in [-0.25, -0.2) is 9.37 Å². The summed E-state index contributed by atoms with van der Waals surface area (Å²) in [5, 5.41) is 0. The molecule has 2 N–H and O–H groups in total. The number of pyridine rings is 1. The Morgan fingerprint density at radius 1 is 1.26 bits per heavy atom. The number of imidazole rings is 1. The number of primary amides is 1. The number of carbonyl (C=O) groups is 1. The van der Waals surface area contributed by atoms with Crippen LogP contribution >= 0.6 is 0 Å². The molecular formula is C18H16FN3O. The van der Waals surface area contributed by atoms with Gasteiger partial charge in [0.05, 0.1) is 11.1 Å². The van der Waals surface area contributed by atoms with Crippen LogP contribution in [0.2, 0.25) is 0 Å². The maximum atomic E-state index is 13.8. The summed E-state index contributed by atoms with van der Waals surface area (Å²) in [7, 11) is 0. The van der Waals surface area contributed by atoms with Crippen LogP contribution in [0.25, 0.3) is 16.8 Å². The number of nitrogens with zero attached hydrogens (tertiary/aromatic N) is 2. The van der Waals surface area contributed by atoms with E-state index in [1.807, 2.05) is 35.0 Å². The molecule has 1 aromatic carbocycles. The molecule has 1 saturated carbocycles. The number of amides is 1. The Hall–Kier alpha value is -2.69. The lowest BCUT2D eigenvalue weighted by atomic mass is 10.0. The van der Waals surface area contributed by atoms with E-state index in [0.717, 1.165) is 35.3 Å². The van der Waals surface area contributed by atoms with E-state index in [2.05, 4.69) is 4.98 Å². The number of carbonyl (C=O) groups excluding carboxylic acids is 1. The van der Waals surface area contributed by atoms with Crippen molar-refractivity contribution in [2.75, 3.05) is 0 Å². The average Bonchev–Trinajstić information content (AvgIpc) is 3.24. The summed E-state index contributed by atoms with van der Waals surface area (Å²) in [6.45, 7) is 1.76. The molecule has 0 aliphatic heterocycles. The summed E-state index contributed by atoms with van der Waals surface area (Å²) in [6, 6.07) is 8.84. The number of hydrogen-bond donors (Lipinski definition) is 1. The van der Waals surface area contributed by atoms with E-state index in [9.17, 15) is 9.18 Å². The average molecular weight is 309 g/mol. The first-order valence-electron chi connectivity index (χ1n) is 7.56. The van der Waals surface area contributed by atoms with Crippen LogP contribution in [0.1, 0.15) is 24.1 Å². The monoisotopic (exact) mass is 309 g/mol. The number of aromatic nitrogens is 2. The molecule has 0 atom stereocenters. The van der Waals surface area contributed by atoms with Crippen LogP contribution in [-0.4, -0.2) is 15.3 Å². The van der Waals surface area contributed by atoms with E-state index in [-0.39, 0.29) is 11.7 Å². The SMILES string of the molecule is Cc1c(F)cccc1-c1ccc2nc(C3(C(N)=O)CC3)cn2c1. The first-order valence-corrected chi connectivity index (χ1v) is 7.56. The van der Waals surface area contributed by atoms with Gasteiger partial charge in [-0.15, -0.1) is 0 Å². The molecule has 3 aromatic rings. The first-order chi connectivity index (χ1) is 11.0. The van der Waals surface area contributed by atoms with Crippen LogP contribution in [0.3, 0.4) is 0 Å². The predicted octanol–water partition coefficient (Wildman–Crippen LogP) is 2.97. The second-order valence-electron chi connectivity index (χ2n) is 6.17. The number of hydrogen-bond acceptors (Lipinski definition) is 2. The zero-order valence-corrected chi connectivity index (χ0v) is 12.7. The van der Waals surface area contributed by atoms with Crippen LogP contribution in [-0.2, 0) is 10.2 Å². The molecule has 1 fully saturated rings. The predicted molar refractivity (Wildman–Crippen MR) is 85.4 cm³/mol. The molecule has 1 aliphatic rings. The topological polar surface area (TPSA) is 60.4 Å². The van der Waals surface area contributed by atoms with Crippen molar-refractivity contribution >= 4 is 11.6 Å². The fourth-order valence-corrected chi connectivity index (χ4v) is 3.06. The summed E-state index contributed by atoms with van der Waals surface area (Å²) in [4.78, 5) is 16.2. The van der Waals surface area contributed by atoms with Crippen molar-refractivity contribution < 1.29 is 9.18 Å². The minimum atomic E-state index is -0.596. The van der Waals surface area contributed by atoms with Gasteiger partial charge in [-0.3, -0.25) is 4.79 Å². The maximum Gasteiger partial charge on any atom is 0.229 e. The molecule has 2 heterocycles. The van der Waals surface area contributed by atoms with Crippen LogP contribution in [0.15, 0.2) is 42.7 Å². The van der Waals surface area contributed by atoms with Gasteiger partial charge in [0.2, 0.25) is 5.91 Å². The van der Waals surface area contributed by atoms with Gasteiger partial charge in [0.15, 0.2) is 0 Å². The summed E-state index contributed by atoms with van der Waals surface area (Å²) < 4.78 is 15.6. The zero-order chi connectivity index (χ0) is 16.2. The van der Waals surface area contributed by atoms with Crippen molar-refractivity contribution in [3.63, 3.8) is 0 Å². The van der Waals surface area contributed by atoms with Crippen molar-refractivity contribution in [3.8, 4) is 11.1 Å². The molecule has 0 bridgehead atoms. The highest BCUT2D eigenvalue weighted by atomic mass is 19.1. The second-order valence-corrected chi connectivity index (χ2v) is 6.17. The van der Waals surface area contributed by atoms with Crippen molar-refractivity contribution in [3.05, 3.63) is 59.8 Å². The van der Waals surface area contributed by atoms with Gasteiger partial charge in [-0.05, 0) is 54.7 Å². The molecule has 0 unspecified atom stereocenters. The van der Waals surface area contributed by atoms with E-state index in [4.69, 9.17) is 5.73 Å². The molecule has 0 saturated heterocycles. The second kappa shape index (κ2) is 4.65. The zero-order valence-electron chi connectivity index (χ0n) is 12.7. The minimum absolute atomic E-state index is 0.223. The van der Waals surface area contributed by atoms with E-state index in [1.165, 1.54) is 6.07 Å². The summed E-state index contributed by atoms with van der Waals surface area (Å²) in [6.07, 6.45) is 5.26. The van der Waals surface area contributed by atoms with Crippen molar-refractivity contribution in [2.45, 2.75) is 25.2 Å². The van der Waals surface area contributed by atoms with Crippen LogP contribution in [0.4, 0.5) is 4.39 Å². The molecule has 0 spiro atoms. The molecule has 1 aliphatic carbocycles. The Labute approximate surface area is 132 Å². The van der Waals surface area contributed by atoms with E-state index in [1.54, 1.807) is 13.0 Å². The van der Waals surface area contributed by atoms with Gasteiger partial charge in [-0.1, -0.05) is 12.1 Å². The van der Waals surface area contributed by atoms with Crippen LogP contribution < -0.4 is 5.73 Å². The normalized spacial score (nSPS) is 15.7. The standard InChI is InChI=1S/C18H16FN3O/c1-11-13(3-2-4-14(11)19)12-5-6-16-21-15(10-22(16)9-12)18(7-8-18)17(20)23/h2-6,9-10H,7-8H2,1H3,(H2,20,23). The highest BCUT2D eigenvalue weighted by Crippen LogP contribution is 2.47. The van der Waals surface area contributed by atoms with Gasteiger partial charge in [0.25, 0.3) is 0 Å².